The van der Waals surface area contributed by atoms with E-state index in [4.69, 9.17) is 11.6 Å². The third-order valence-electron chi connectivity index (χ3n) is 4.09. The fraction of sp³-hybridized carbons (Fsp3) is 0.533. The number of aromatic amines is 1. The van der Waals surface area contributed by atoms with Crippen LogP contribution in [0.3, 0.4) is 0 Å². The maximum Gasteiger partial charge on any atom is 0.274 e. The first-order valence-corrected chi connectivity index (χ1v) is 7.42. The Balaban J connectivity index is 2.08. The molecule has 0 radical (unpaired) electrons. The minimum Gasteiger partial charge on any atom is -0.321 e. The second-order valence-corrected chi connectivity index (χ2v) is 6.89. The molecular formula is C15H20ClN3O. The molecule has 3 rings (SSSR count). The van der Waals surface area contributed by atoms with Gasteiger partial charge in [0.15, 0.2) is 0 Å². The lowest BCUT2D eigenvalue weighted by Crippen LogP contribution is -2.41. The van der Waals surface area contributed by atoms with Crippen LogP contribution in [-0.4, -0.2) is 26.4 Å². The number of nitrogens with zero attached hydrogens (tertiary/aromatic N) is 2. The maximum absolute atomic E-state index is 12.2. The summed E-state index contributed by atoms with van der Waals surface area (Å²) in [4.78, 5) is 17.7. The van der Waals surface area contributed by atoms with E-state index in [9.17, 15) is 4.79 Å². The largest absolute Gasteiger partial charge is 0.321 e. The monoisotopic (exact) mass is 293 g/mol. The lowest BCUT2D eigenvalue weighted by molar-refractivity contribution is 0.119. The molecule has 20 heavy (non-hydrogen) atoms. The molecule has 2 aromatic rings. The van der Waals surface area contributed by atoms with Gasteiger partial charge in [0, 0.05) is 17.9 Å². The first-order chi connectivity index (χ1) is 9.38. The van der Waals surface area contributed by atoms with Crippen molar-refractivity contribution in [2.45, 2.75) is 45.2 Å². The van der Waals surface area contributed by atoms with Crippen molar-refractivity contribution in [2.75, 3.05) is 6.54 Å². The molecule has 1 fully saturated rings. The van der Waals surface area contributed by atoms with Crippen LogP contribution in [0.2, 0.25) is 5.02 Å². The number of nitrogens with one attached hydrogen (secondary N) is 1. The van der Waals surface area contributed by atoms with Crippen LogP contribution in [0.15, 0.2) is 23.3 Å². The number of hydrogen-bond acceptors (Lipinski definition) is 2. The van der Waals surface area contributed by atoms with Crippen molar-refractivity contribution in [3.05, 3.63) is 39.5 Å². The molecule has 0 bridgehead atoms. The summed E-state index contributed by atoms with van der Waals surface area (Å²) in [6.45, 7) is 7.72. The quantitative estimate of drug-likeness (QED) is 0.877. The van der Waals surface area contributed by atoms with Gasteiger partial charge in [-0.3, -0.25) is 9.69 Å². The molecular weight excluding hydrogens is 274 g/mol. The van der Waals surface area contributed by atoms with E-state index in [1.54, 1.807) is 6.07 Å². The van der Waals surface area contributed by atoms with E-state index in [-0.39, 0.29) is 17.1 Å². The molecule has 0 saturated carbocycles. The summed E-state index contributed by atoms with van der Waals surface area (Å²) in [5.41, 5.74) is 1.48. The van der Waals surface area contributed by atoms with Crippen molar-refractivity contribution in [2.24, 2.45) is 0 Å². The van der Waals surface area contributed by atoms with Crippen molar-refractivity contribution < 1.29 is 0 Å². The molecule has 1 aliphatic heterocycles. The fourth-order valence-corrected chi connectivity index (χ4v) is 3.43. The Morgan fingerprint density at radius 3 is 2.85 bits per heavy atom. The van der Waals surface area contributed by atoms with Crippen molar-refractivity contribution in [1.29, 1.82) is 0 Å². The second-order valence-electron chi connectivity index (χ2n) is 6.48. The van der Waals surface area contributed by atoms with Crippen molar-refractivity contribution in [1.82, 2.24) is 14.3 Å². The van der Waals surface area contributed by atoms with E-state index in [1.165, 1.54) is 0 Å². The number of halogens is 1. The van der Waals surface area contributed by atoms with Crippen molar-refractivity contribution >= 4 is 17.1 Å². The van der Waals surface area contributed by atoms with Crippen molar-refractivity contribution in [3.63, 3.8) is 0 Å². The summed E-state index contributed by atoms with van der Waals surface area (Å²) in [6.07, 6.45) is 6.08. The molecule has 3 heterocycles. The number of H-pyrrole nitrogens is 1. The van der Waals surface area contributed by atoms with E-state index in [2.05, 4.69) is 30.7 Å². The van der Waals surface area contributed by atoms with E-state index >= 15 is 0 Å². The molecule has 108 valence electrons. The number of fused-ring (bicyclic) bond motifs is 1. The zero-order valence-electron chi connectivity index (χ0n) is 12.1. The van der Waals surface area contributed by atoms with Gasteiger partial charge in [0.2, 0.25) is 0 Å². The molecule has 0 aromatic carbocycles. The smallest absolute Gasteiger partial charge is 0.274 e. The van der Waals surface area contributed by atoms with Crippen LogP contribution >= 0.6 is 11.6 Å². The molecule has 2 aromatic heterocycles. The molecule has 1 saturated heterocycles. The average Bonchev–Trinajstić information content (AvgIpc) is 2.95. The SMILES string of the molecule is CC(C)(C)N1CCCC1c1cn2ccc(Cl)c2c(=O)[nH]1. The lowest BCUT2D eigenvalue weighted by Gasteiger charge is -2.36. The van der Waals surface area contributed by atoms with E-state index in [0.717, 1.165) is 25.1 Å². The fourth-order valence-electron chi connectivity index (χ4n) is 3.19. The van der Waals surface area contributed by atoms with Crippen LogP contribution in [0.4, 0.5) is 0 Å². The Hall–Kier alpha value is -1.26. The summed E-state index contributed by atoms with van der Waals surface area (Å²) >= 11 is 6.04. The normalized spacial score (nSPS) is 20.9. The summed E-state index contributed by atoms with van der Waals surface area (Å²) in [6, 6.07) is 2.03. The molecule has 1 aliphatic rings. The van der Waals surface area contributed by atoms with Crippen LogP contribution < -0.4 is 5.56 Å². The summed E-state index contributed by atoms with van der Waals surface area (Å²) in [5, 5.41) is 0.497. The van der Waals surface area contributed by atoms with Gasteiger partial charge >= 0.3 is 0 Å². The van der Waals surface area contributed by atoms with Gasteiger partial charge in [-0.1, -0.05) is 11.6 Å². The highest BCUT2D eigenvalue weighted by atomic mass is 35.5. The predicted molar refractivity (Wildman–Crippen MR) is 81.5 cm³/mol. The number of hydrogen-bond donors (Lipinski definition) is 1. The van der Waals surface area contributed by atoms with Crippen LogP contribution in [0, 0.1) is 0 Å². The van der Waals surface area contributed by atoms with E-state index in [1.807, 2.05) is 16.8 Å². The summed E-state index contributed by atoms with van der Waals surface area (Å²) in [5.74, 6) is 0. The van der Waals surface area contributed by atoms with Gasteiger partial charge < -0.3 is 9.38 Å². The van der Waals surface area contributed by atoms with Gasteiger partial charge in [-0.25, -0.2) is 0 Å². The first-order valence-electron chi connectivity index (χ1n) is 7.04. The standard InChI is InChI=1S/C15H20ClN3O/c1-15(2,3)19-7-4-5-12(19)11-9-18-8-6-10(16)13(18)14(20)17-11/h6,8-9,12H,4-5,7H2,1-3H3,(H,17,20). The number of aromatic nitrogens is 2. The molecule has 4 nitrogen and oxygen atoms in total. The highest BCUT2D eigenvalue weighted by Crippen LogP contribution is 2.36. The summed E-state index contributed by atoms with van der Waals surface area (Å²) < 4.78 is 1.83. The second kappa shape index (κ2) is 4.64. The maximum atomic E-state index is 12.2. The van der Waals surface area contributed by atoms with Crippen LogP contribution in [0.25, 0.3) is 5.52 Å². The molecule has 1 unspecified atom stereocenters. The van der Waals surface area contributed by atoms with Gasteiger partial charge in [-0.2, -0.15) is 0 Å². The Kier molecular flexibility index (Phi) is 3.18. The molecule has 0 amide bonds. The van der Waals surface area contributed by atoms with E-state index in [0.29, 0.717) is 10.5 Å². The predicted octanol–water partition coefficient (Wildman–Crippen LogP) is 3.22. The highest BCUT2D eigenvalue weighted by molar-refractivity contribution is 6.33. The Morgan fingerprint density at radius 1 is 1.40 bits per heavy atom. The number of rotatable bonds is 1. The zero-order valence-corrected chi connectivity index (χ0v) is 12.9. The van der Waals surface area contributed by atoms with Gasteiger partial charge in [-0.15, -0.1) is 0 Å². The Labute approximate surface area is 123 Å². The molecule has 1 N–H and O–H groups in total. The van der Waals surface area contributed by atoms with Crippen LogP contribution in [0.5, 0.6) is 0 Å². The first kappa shape index (κ1) is 13.7. The molecule has 0 aliphatic carbocycles. The minimum atomic E-state index is -0.113. The minimum absolute atomic E-state index is 0.0986. The number of likely N-dealkylation sites (tertiary alicyclic amines) is 1. The molecule has 5 heteroatoms. The molecule has 0 spiro atoms. The lowest BCUT2D eigenvalue weighted by atomic mass is 10.0. The molecule has 1 atom stereocenters. The van der Waals surface area contributed by atoms with Gasteiger partial charge in [0.25, 0.3) is 5.56 Å². The van der Waals surface area contributed by atoms with Crippen LogP contribution in [-0.2, 0) is 0 Å². The Bertz CT molecular complexity index is 695. The van der Waals surface area contributed by atoms with Gasteiger partial charge in [0.1, 0.15) is 5.52 Å². The zero-order chi connectivity index (χ0) is 14.5. The third kappa shape index (κ3) is 2.17. The third-order valence-corrected chi connectivity index (χ3v) is 4.40. The van der Waals surface area contributed by atoms with Crippen LogP contribution in [0.1, 0.15) is 45.3 Å². The van der Waals surface area contributed by atoms with E-state index < -0.39 is 0 Å². The topological polar surface area (TPSA) is 40.5 Å². The highest BCUT2D eigenvalue weighted by Gasteiger charge is 2.34. The van der Waals surface area contributed by atoms with Gasteiger partial charge in [-0.05, 0) is 46.2 Å². The Morgan fingerprint density at radius 2 is 2.15 bits per heavy atom. The average molecular weight is 294 g/mol. The summed E-state index contributed by atoms with van der Waals surface area (Å²) in [7, 11) is 0. The van der Waals surface area contributed by atoms with Crippen molar-refractivity contribution in [3.8, 4) is 0 Å². The van der Waals surface area contributed by atoms with Gasteiger partial charge in [0.05, 0.1) is 16.8 Å².